The Kier molecular flexibility index (Phi) is 7.43. The van der Waals surface area contributed by atoms with E-state index in [1.165, 1.54) is 12.1 Å². The Morgan fingerprint density at radius 1 is 1.12 bits per heavy atom. The first-order valence-electron chi connectivity index (χ1n) is 7.61. The highest BCUT2D eigenvalue weighted by molar-refractivity contribution is 7.68. The van der Waals surface area contributed by atoms with Crippen LogP contribution in [0.4, 0.5) is 0 Å². The Hall–Kier alpha value is -0.740. The van der Waals surface area contributed by atoms with Crippen LogP contribution in [0.3, 0.4) is 0 Å². The smallest absolute Gasteiger partial charge is 0.258 e. The third-order valence-corrected chi connectivity index (χ3v) is 7.68. The predicted octanol–water partition coefficient (Wildman–Crippen LogP) is 5.41. The molecule has 0 aromatic heterocycles. The van der Waals surface area contributed by atoms with Gasteiger partial charge >= 0.3 is 0 Å². The monoisotopic (exact) mass is 453 g/mol. The lowest BCUT2D eigenvalue weighted by Gasteiger charge is -2.32. The van der Waals surface area contributed by atoms with E-state index in [-0.39, 0.29) is 12.2 Å². The lowest BCUT2D eigenvalue weighted by molar-refractivity contribution is 0.0945. The van der Waals surface area contributed by atoms with Gasteiger partial charge in [-0.2, -0.15) is 0 Å². The SMILES string of the molecule is CCO[P@@](=O)(c1ccccc1)[C@@H](NC(=O)c1ccc(Cl)cc1)C(Cl)(Cl)Cl. The molecule has 0 saturated heterocycles. The van der Waals surface area contributed by atoms with Crippen LogP contribution >= 0.6 is 53.8 Å². The summed E-state index contributed by atoms with van der Waals surface area (Å²) in [5, 5.41) is 3.37. The van der Waals surface area contributed by atoms with Crippen LogP contribution in [0.5, 0.6) is 0 Å². The summed E-state index contributed by atoms with van der Waals surface area (Å²) in [5.41, 5.74) is 0.282. The molecule has 0 aliphatic carbocycles. The zero-order valence-electron chi connectivity index (χ0n) is 13.7. The molecule has 4 nitrogen and oxygen atoms in total. The minimum Gasteiger partial charge on any atom is -0.336 e. The molecule has 9 heteroatoms. The zero-order chi connectivity index (χ0) is 19.4. The number of rotatable bonds is 6. The first-order chi connectivity index (χ1) is 12.2. The van der Waals surface area contributed by atoms with E-state index in [2.05, 4.69) is 5.32 Å². The normalized spacial score (nSPS) is 15.1. The van der Waals surface area contributed by atoms with Crippen LogP contribution < -0.4 is 10.6 Å². The molecule has 1 amide bonds. The van der Waals surface area contributed by atoms with Crippen LogP contribution in [-0.4, -0.2) is 22.1 Å². The standard InChI is InChI=1S/C17H16Cl4NO3P/c1-2-25-26(24,14-6-4-3-5-7-14)16(17(19,20)21)22-15(23)12-8-10-13(18)11-9-12/h3-11,16H,2H2,1H3,(H,22,23)/t16-,26+/m1/s1. The van der Waals surface area contributed by atoms with Crippen molar-refractivity contribution in [2.45, 2.75) is 16.5 Å². The van der Waals surface area contributed by atoms with Crippen molar-refractivity contribution >= 4 is 65.0 Å². The van der Waals surface area contributed by atoms with E-state index in [4.69, 9.17) is 50.9 Å². The van der Waals surface area contributed by atoms with Crippen LogP contribution in [0.15, 0.2) is 54.6 Å². The number of carbonyl (C=O) groups excluding carboxylic acids is 1. The Balaban J connectivity index is 2.43. The summed E-state index contributed by atoms with van der Waals surface area (Å²) in [6, 6.07) is 14.5. The summed E-state index contributed by atoms with van der Waals surface area (Å²) in [6.45, 7) is 1.78. The molecule has 1 N–H and O–H groups in total. The number of carbonyl (C=O) groups is 1. The minimum atomic E-state index is -3.74. The number of hydrogen-bond acceptors (Lipinski definition) is 3. The maximum Gasteiger partial charge on any atom is 0.258 e. The zero-order valence-corrected chi connectivity index (χ0v) is 17.6. The second-order valence-electron chi connectivity index (χ2n) is 5.27. The number of amides is 1. The van der Waals surface area contributed by atoms with Crippen LogP contribution in [0.2, 0.25) is 5.02 Å². The fourth-order valence-electron chi connectivity index (χ4n) is 2.29. The minimum absolute atomic E-state index is 0.111. The largest absolute Gasteiger partial charge is 0.336 e. The van der Waals surface area contributed by atoms with Crippen molar-refractivity contribution in [3.8, 4) is 0 Å². The van der Waals surface area contributed by atoms with Crippen molar-refractivity contribution in [3.05, 3.63) is 65.2 Å². The molecule has 0 fully saturated rings. The first kappa shape index (κ1) is 21.6. The summed E-state index contributed by atoms with van der Waals surface area (Å²) in [6.07, 6.45) is 0. The molecule has 0 bridgehead atoms. The summed E-state index contributed by atoms with van der Waals surface area (Å²) in [7, 11) is -3.74. The van der Waals surface area contributed by atoms with E-state index in [0.29, 0.717) is 10.3 Å². The summed E-state index contributed by atoms with van der Waals surface area (Å²) < 4.78 is 17.1. The Morgan fingerprint density at radius 2 is 1.69 bits per heavy atom. The van der Waals surface area contributed by atoms with Gasteiger partial charge < -0.3 is 9.84 Å². The maximum absolute atomic E-state index is 13.7. The van der Waals surface area contributed by atoms with Gasteiger partial charge in [0.25, 0.3) is 13.3 Å². The highest BCUT2D eigenvalue weighted by atomic mass is 35.6. The summed E-state index contributed by atoms with van der Waals surface area (Å²) >= 11 is 24.0. The molecule has 140 valence electrons. The molecule has 0 saturated carbocycles. The molecule has 2 aromatic rings. The highest BCUT2D eigenvalue weighted by Gasteiger charge is 2.49. The number of benzene rings is 2. The molecule has 0 heterocycles. The molecular formula is C17H16Cl4NO3P. The highest BCUT2D eigenvalue weighted by Crippen LogP contribution is 2.57. The van der Waals surface area contributed by atoms with Gasteiger partial charge in [0.1, 0.15) is 0 Å². The van der Waals surface area contributed by atoms with Gasteiger partial charge in [0.05, 0.1) is 6.61 Å². The van der Waals surface area contributed by atoms with Gasteiger partial charge in [-0.1, -0.05) is 64.6 Å². The van der Waals surface area contributed by atoms with Gasteiger partial charge in [0.15, 0.2) is 5.78 Å². The summed E-state index contributed by atoms with van der Waals surface area (Å²) in [4.78, 5) is 12.6. The van der Waals surface area contributed by atoms with E-state index < -0.39 is 22.9 Å². The van der Waals surface area contributed by atoms with Crippen molar-refractivity contribution in [3.63, 3.8) is 0 Å². The van der Waals surface area contributed by atoms with Gasteiger partial charge in [0.2, 0.25) is 3.79 Å². The third-order valence-electron chi connectivity index (χ3n) is 3.46. The second-order valence-corrected chi connectivity index (χ2v) is 10.6. The quantitative estimate of drug-likeness (QED) is 0.469. The lowest BCUT2D eigenvalue weighted by atomic mass is 10.2. The van der Waals surface area contributed by atoms with E-state index in [1.54, 1.807) is 49.4 Å². The molecular weight excluding hydrogens is 439 g/mol. The topological polar surface area (TPSA) is 55.4 Å². The van der Waals surface area contributed by atoms with Gasteiger partial charge in [-0.25, -0.2) is 0 Å². The number of halogens is 4. The number of nitrogens with one attached hydrogen (secondary N) is 1. The van der Waals surface area contributed by atoms with Crippen LogP contribution in [-0.2, 0) is 9.09 Å². The second kappa shape index (κ2) is 8.97. The van der Waals surface area contributed by atoms with Gasteiger partial charge in [-0.05, 0) is 43.3 Å². The van der Waals surface area contributed by atoms with Crippen molar-refractivity contribution in [1.82, 2.24) is 5.32 Å². The molecule has 0 radical (unpaired) electrons. The molecule has 0 unspecified atom stereocenters. The van der Waals surface area contributed by atoms with Gasteiger partial charge in [-0.15, -0.1) is 0 Å². The van der Waals surface area contributed by atoms with E-state index in [9.17, 15) is 9.36 Å². The molecule has 0 aliphatic heterocycles. The Labute approximate surface area is 172 Å². The molecule has 0 aliphatic rings. The fraction of sp³-hybridized carbons (Fsp3) is 0.235. The van der Waals surface area contributed by atoms with E-state index in [1.807, 2.05) is 0 Å². The van der Waals surface area contributed by atoms with Crippen LogP contribution in [0.25, 0.3) is 0 Å². The molecule has 2 atom stereocenters. The van der Waals surface area contributed by atoms with Crippen molar-refractivity contribution < 1.29 is 13.9 Å². The number of hydrogen-bond donors (Lipinski definition) is 1. The van der Waals surface area contributed by atoms with E-state index >= 15 is 0 Å². The fourth-order valence-corrected chi connectivity index (χ4v) is 5.98. The summed E-state index contributed by atoms with van der Waals surface area (Å²) in [5.74, 6) is -1.95. The molecule has 26 heavy (non-hydrogen) atoms. The first-order valence-corrected chi connectivity index (χ1v) is 10.8. The maximum atomic E-state index is 13.7. The van der Waals surface area contributed by atoms with Crippen molar-refractivity contribution in [1.29, 1.82) is 0 Å². The third kappa shape index (κ3) is 5.16. The van der Waals surface area contributed by atoms with Crippen molar-refractivity contribution in [2.75, 3.05) is 6.61 Å². The van der Waals surface area contributed by atoms with Crippen molar-refractivity contribution in [2.24, 2.45) is 0 Å². The Bertz CT molecular complexity index is 794. The van der Waals surface area contributed by atoms with Crippen LogP contribution in [0, 0.1) is 0 Å². The Morgan fingerprint density at radius 3 is 2.19 bits per heavy atom. The number of alkyl halides is 3. The van der Waals surface area contributed by atoms with Crippen LogP contribution in [0.1, 0.15) is 17.3 Å². The predicted molar refractivity (Wildman–Crippen MR) is 108 cm³/mol. The molecule has 0 spiro atoms. The molecule has 2 aromatic carbocycles. The van der Waals surface area contributed by atoms with Gasteiger partial charge in [0, 0.05) is 15.9 Å². The van der Waals surface area contributed by atoms with E-state index in [0.717, 1.165) is 0 Å². The van der Waals surface area contributed by atoms with Gasteiger partial charge in [-0.3, -0.25) is 9.36 Å². The lowest BCUT2D eigenvalue weighted by Crippen LogP contribution is -2.46. The molecule has 2 rings (SSSR count). The average Bonchev–Trinajstić information content (AvgIpc) is 2.60. The average molecular weight is 455 g/mol.